The zero-order valence-corrected chi connectivity index (χ0v) is 13.2. The van der Waals surface area contributed by atoms with Crippen LogP contribution in [-0.2, 0) is 4.79 Å². The Bertz CT molecular complexity index is 513. The molecule has 0 bridgehead atoms. The Morgan fingerprint density at radius 1 is 1.33 bits per heavy atom. The van der Waals surface area contributed by atoms with E-state index in [4.69, 9.17) is 5.84 Å². The SMILES string of the molecule is C[C@H]1CCCC[C@@H]1NC(=O)CSc1nnc(C2CC2)n1N. The van der Waals surface area contributed by atoms with Gasteiger partial charge in [0.1, 0.15) is 0 Å². The number of amides is 1. The van der Waals surface area contributed by atoms with Gasteiger partial charge in [0.15, 0.2) is 5.82 Å². The van der Waals surface area contributed by atoms with Crippen LogP contribution in [0.15, 0.2) is 5.16 Å². The van der Waals surface area contributed by atoms with Crippen molar-refractivity contribution in [2.45, 2.75) is 62.6 Å². The molecule has 21 heavy (non-hydrogen) atoms. The third kappa shape index (κ3) is 3.51. The lowest BCUT2D eigenvalue weighted by Gasteiger charge is -2.29. The van der Waals surface area contributed by atoms with E-state index in [1.807, 2.05) is 0 Å². The van der Waals surface area contributed by atoms with Gasteiger partial charge in [0, 0.05) is 12.0 Å². The minimum absolute atomic E-state index is 0.0646. The minimum Gasteiger partial charge on any atom is -0.352 e. The smallest absolute Gasteiger partial charge is 0.230 e. The van der Waals surface area contributed by atoms with Crippen molar-refractivity contribution in [1.29, 1.82) is 0 Å². The van der Waals surface area contributed by atoms with Gasteiger partial charge >= 0.3 is 0 Å². The van der Waals surface area contributed by atoms with E-state index < -0.39 is 0 Å². The first-order chi connectivity index (χ1) is 10.1. The van der Waals surface area contributed by atoms with Gasteiger partial charge in [0.2, 0.25) is 11.1 Å². The zero-order valence-electron chi connectivity index (χ0n) is 12.4. The number of thioether (sulfide) groups is 1. The average molecular weight is 309 g/mol. The van der Waals surface area contributed by atoms with Crippen LogP contribution < -0.4 is 11.2 Å². The number of nitrogens with zero attached hydrogens (tertiary/aromatic N) is 3. The summed E-state index contributed by atoms with van der Waals surface area (Å²) in [5, 5.41) is 12.0. The summed E-state index contributed by atoms with van der Waals surface area (Å²) in [5.74, 6) is 8.28. The van der Waals surface area contributed by atoms with E-state index in [0.29, 0.717) is 28.8 Å². The molecule has 7 heteroatoms. The summed E-state index contributed by atoms with van der Waals surface area (Å²) in [6, 6.07) is 0.324. The molecule has 2 aliphatic rings. The molecule has 2 atom stereocenters. The van der Waals surface area contributed by atoms with Crippen LogP contribution in [0.3, 0.4) is 0 Å². The number of nitrogens with two attached hydrogens (primary N) is 1. The number of hydrogen-bond acceptors (Lipinski definition) is 5. The monoisotopic (exact) mass is 309 g/mol. The highest BCUT2D eigenvalue weighted by Crippen LogP contribution is 2.39. The van der Waals surface area contributed by atoms with Crippen LogP contribution in [0.2, 0.25) is 0 Å². The Hall–Kier alpha value is -1.24. The maximum atomic E-state index is 12.1. The number of carbonyl (C=O) groups excluding carboxylic acids is 1. The molecular weight excluding hydrogens is 286 g/mol. The molecular formula is C14H23N5OS. The van der Waals surface area contributed by atoms with Crippen LogP contribution in [-0.4, -0.2) is 32.6 Å². The highest BCUT2D eigenvalue weighted by atomic mass is 32.2. The Labute approximate surface area is 129 Å². The van der Waals surface area contributed by atoms with Gasteiger partial charge in [-0.25, -0.2) is 4.68 Å². The molecule has 0 aromatic carbocycles. The largest absolute Gasteiger partial charge is 0.352 e. The zero-order chi connectivity index (χ0) is 14.8. The first-order valence-corrected chi connectivity index (χ1v) is 8.76. The molecule has 6 nitrogen and oxygen atoms in total. The second-order valence-electron chi connectivity index (χ2n) is 6.21. The molecule has 1 heterocycles. The first-order valence-electron chi connectivity index (χ1n) is 7.77. The van der Waals surface area contributed by atoms with Gasteiger partial charge in [0.25, 0.3) is 0 Å². The second-order valence-corrected chi connectivity index (χ2v) is 7.15. The van der Waals surface area contributed by atoms with Crippen LogP contribution in [0.1, 0.15) is 57.2 Å². The number of nitrogen functional groups attached to an aromatic ring is 1. The molecule has 2 aliphatic carbocycles. The van der Waals surface area contributed by atoms with Crippen molar-refractivity contribution < 1.29 is 4.79 Å². The molecule has 116 valence electrons. The molecule has 0 saturated heterocycles. The standard InChI is InChI=1S/C14H23N5OS/c1-9-4-2-3-5-11(9)16-12(20)8-21-14-18-17-13(19(14)15)10-6-7-10/h9-11H,2-8,15H2,1H3,(H,16,20)/t9-,11-/m0/s1. The lowest BCUT2D eigenvalue weighted by atomic mass is 9.86. The number of carbonyl (C=O) groups is 1. The van der Waals surface area contributed by atoms with Gasteiger partial charge < -0.3 is 11.2 Å². The van der Waals surface area contributed by atoms with E-state index in [1.165, 1.54) is 31.0 Å². The predicted molar refractivity (Wildman–Crippen MR) is 82.4 cm³/mol. The Morgan fingerprint density at radius 2 is 2.10 bits per heavy atom. The lowest BCUT2D eigenvalue weighted by Crippen LogP contribution is -2.41. The lowest BCUT2D eigenvalue weighted by molar-refractivity contribution is -0.119. The van der Waals surface area contributed by atoms with Crippen molar-refractivity contribution in [3.8, 4) is 0 Å². The normalized spacial score (nSPS) is 25.8. The van der Waals surface area contributed by atoms with Gasteiger partial charge in [-0.3, -0.25) is 4.79 Å². The molecule has 3 N–H and O–H groups in total. The maximum absolute atomic E-state index is 12.1. The summed E-state index contributed by atoms with van der Waals surface area (Å²) < 4.78 is 1.54. The Balaban J connectivity index is 1.49. The summed E-state index contributed by atoms with van der Waals surface area (Å²) >= 11 is 1.36. The van der Waals surface area contributed by atoms with Crippen molar-refractivity contribution in [2.24, 2.45) is 5.92 Å². The summed E-state index contributed by atoms with van der Waals surface area (Å²) in [4.78, 5) is 12.1. The van der Waals surface area contributed by atoms with Crippen molar-refractivity contribution in [3.63, 3.8) is 0 Å². The van der Waals surface area contributed by atoms with Crippen molar-refractivity contribution in [3.05, 3.63) is 5.82 Å². The quantitative estimate of drug-likeness (QED) is 0.638. The second kappa shape index (κ2) is 6.25. The van der Waals surface area contributed by atoms with Crippen LogP contribution in [0.25, 0.3) is 0 Å². The molecule has 1 amide bonds. The topological polar surface area (TPSA) is 85.8 Å². The molecule has 3 rings (SSSR count). The van der Waals surface area contributed by atoms with E-state index >= 15 is 0 Å². The van der Waals surface area contributed by atoms with Crippen LogP contribution in [0.4, 0.5) is 0 Å². The van der Waals surface area contributed by atoms with Crippen LogP contribution in [0.5, 0.6) is 0 Å². The van der Waals surface area contributed by atoms with E-state index in [1.54, 1.807) is 4.68 Å². The van der Waals surface area contributed by atoms with E-state index in [2.05, 4.69) is 22.4 Å². The molecule has 0 spiro atoms. The molecule has 1 aromatic heterocycles. The first kappa shape index (κ1) is 14.7. The van der Waals surface area contributed by atoms with Crippen molar-refractivity contribution in [1.82, 2.24) is 20.2 Å². The van der Waals surface area contributed by atoms with Gasteiger partial charge in [-0.05, 0) is 31.6 Å². The predicted octanol–water partition coefficient (Wildman–Crippen LogP) is 1.66. The molecule has 0 unspecified atom stereocenters. The third-order valence-electron chi connectivity index (χ3n) is 4.42. The van der Waals surface area contributed by atoms with E-state index in [0.717, 1.165) is 25.1 Å². The summed E-state index contributed by atoms with van der Waals surface area (Å²) in [6.45, 7) is 2.22. The van der Waals surface area contributed by atoms with Gasteiger partial charge in [-0.2, -0.15) is 0 Å². The fourth-order valence-electron chi connectivity index (χ4n) is 2.92. The number of aromatic nitrogens is 3. The molecule has 0 aliphatic heterocycles. The summed E-state index contributed by atoms with van der Waals surface area (Å²) in [7, 11) is 0. The van der Waals surface area contributed by atoms with Crippen molar-refractivity contribution >= 4 is 17.7 Å². The molecule has 2 fully saturated rings. The van der Waals surface area contributed by atoms with Gasteiger partial charge in [-0.1, -0.05) is 31.5 Å². The Kier molecular flexibility index (Phi) is 4.37. The van der Waals surface area contributed by atoms with Crippen LogP contribution in [0, 0.1) is 5.92 Å². The third-order valence-corrected chi connectivity index (χ3v) is 5.37. The highest BCUT2D eigenvalue weighted by molar-refractivity contribution is 7.99. The number of hydrogen-bond donors (Lipinski definition) is 2. The molecule has 1 aromatic rings. The Morgan fingerprint density at radius 3 is 2.81 bits per heavy atom. The van der Waals surface area contributed by atoms with E-state index in [9.17, 15) is 4.79 Å². The summed E-state index contributed by atoms with van der Waals surface area (Å²) in [6.07, 6.45) is 7.07. The number of nitrogens with one attached hydrogen (secondary N) is 1. The van der Waals surface area contributed by atoms with E-state index in [-0.39, 0.29) is 5.91 Å². The molecule has 0 radical (unpaired) electrons. The van der Waals surface area contributed by atoms with Gasteiger partial charge in [0.05, 0.1) is 5.75 Å². The van der Waals surface area contributed by atoms with Gasteiger partial charge in [-0.15, -0.1) is 10.2 Å². The van der Waals surface area contributed by atoms with Crippen LogP contribution >= 0.6 is 11.8 Å². The summed E-state index contributed by atoms with van der Waals surface area (Å²) in [5.41, 5.74) is 0. The van der Waals surface area contributed by atoms with Crippen molar-refractivity contribution in [2.75, 3.05) is 11.6 Å². The number of rotatable bonds is 5. The average Bonchev–Trinajstić information content (AvgIpc) is 3.24. The molecule has 2 saturated carbocycles. The highest BCUT2D eigenvalue weighted by Gasteiger charge is 2.30. The fourth-order valence-corrected chi connectivity index (χ4v) is 3.59. The fraction of sp³-hybridized carbons (Fsp3) is 0.786. The maximum Gasteiger partial charge on any atom is 0.230 e. The minimum atomic E-state index is 0.0646.